The lowest BCUT2D eigenvalue weighted by atomic mass is 9.94. The van der Waals surface area contributed by atoms with Crippen LogP contribution in [0.25, 0.3) is 0 Å². The SMILES string of the molecule is CC(c1ccccc1)N1CCC(CN(C)S(=O)(=O)C2CC2)CC1. The Labute approximate surface area is 140 Å². The molecule has 2 fully saturated rings. The normalized spacial score (nSPS) is 22.4. The van der Waals surface area contributed by atoms with Gasteiger partial charge in [0.25, 0.3) is 0 Å². The third-order valence-electron chi connectivity index (χ3n) is 5.37. The minimum Gasteiger partial charge on any atom is -0.297 e. The molecule has 0 bridgehead atoms. The summed E-state index contributed by atoms with van der Waals surface area (Å²) in [5, 5.41) is -0.0920. The van der Waals surface area contributed by atoms with Crippen LogP contribution in [0.4, 0.5) is 0 Å². The molecule has 5 heteroatoms. The highest BCUT2D eigenvalue weighted by Gasteiger charge is 2.39. The summed E-state index contributed by atoms with van der Waals surface area (Å²) in [6.07, 6.45) is 3.86. The fourth-order valence-electron chi connectivity index (χ4n) is 3.55. The van der Waals surface area contributed by atoms with Crippen molar-refractivity contribution >= 4 is 10.0 Å². The van der Waals surface area contributed by atoms with E-state index >= 15 is 0 Å². The van der Waals surface area contributed by atoms with Crippen LogP contribution in [0, 0.1) is 5.92 Å². The standard InChI is InChI=1S/C18H28N2O2S/c1-15(17-6-4-3-5-7-17)20-12-10-16(11-13-20)14-19(2)23(21,22)18-8-9-18/h3-7,15-16,18H,8-14H2,1-2H3. The summed E-state index contributed by atoms with van der Waals surface area (Å²) in [6, 6.07) is 11.1. The molecule has 1 aliphatic carbocycles. The van der Waals surface area contributed by atoms with Crippen molar-refractivity contribution < 1.29 is 8.42 Å². The third kappa shape index (κ3) is 3.95. The molecule has 1 aromatic rings. The number of rotatable bonds is 6. The molecule has 0 radical (unpaired) electrons. The first-order valence-electron chi connectivity index (χ1n) is 8.72. The van der Waals surface area contributed by atoms with Gasteiger partial charge in [-0.15, -0.1) is 0 Å². The summed E-state index contributed by atoms with van der Waals surface area (Å²) in [5.74, 6) is 0.493. The largest absolute Gasteiger partial charge is 0.297 e. The number of hydrogen-bond acceptors (Lipinski definition) is 3. The minimum atomic E-state index is -3.02. The van der Waals surface area contributed by atoms with E-state index in [1.165, 1.54) is 5.56 Å². The second-order valence-corrected chi connectivity index (χ2v) is 9.41. The monoisotopic (exact) mass is 336 g/mol. The smallest absolute Gasteiger partial charge is 0.216 e. The second-order valence-electron chi connectivity index (χ2n) is 7.09. The maximum absolute atomic E-state index is 12.2. The molecule has 1 atom stereocenters. The Hall–Kier alpha value is -0.910. The lowest BCUT2D eigenvalue weighted by molar-refractivity contribution is 0.133. The van der Waals surface area contributed by atoms with Crippen LogP contribution in [0.15, 0.2) is 30.3 Å². The fraction of sp³-hybridized carbons (Fsp3) is 0.667. The van der Waals surface area contributed by atoms with Gasteiger partial charge in [0.05, 0.1) is 5.25 Å². The van der Waals surface area contributed by atoms with Crippen LogP contribution in [0.2, 0.25) is 0 Å². The van der Waals surface area contributed by atoms with E-state index < -0.39 is 10.0 Å². The molecule has 1 saturated carbocycles. The van der Waals surface area contributed by atoms with Crippen molar-refractivity contribution in [2.45, 2.75) is 43.9 Å². The zero-order valence-corrected chi connectivity index (χ0v) is 15.0. The van der Waals surface area contributed by atoms with Crippen LogP contribution in [0.5, 0.6) is 0 Å². The van der Waals surface area contributed by atoms with Crippen molar-refractivity contribution in [2.75, 3.05) is 26.7 Å². The lowest BCUT2D eigenvalue weighted by Gasteiger charge is -2.37. The predicted octanol–water partition coefficient (Wildman–Crippen LogP) is 2.88. The van der Waals surface area contributed by atoms with Gasteiger partial charge >= 0.3 is 0 Å². The number of piperidine rings is 1. The van der Waals surface area contributed by atoms with Crippen LogP contribution in [0.3, 0.4) is 0 Å². The van der Waals surface area contributed by atoms with Gasteiger partial charge in [-0.3, -0.25) is 4.90 Å². The van der Waals surface area contributed by atoms with Crippen molar-refractivity contribution in [3.8, 4) is 0 Å². The number of likely N-dealkylation sites (tertiary alicyclic amines) is 1. The maximum Gasteiger partial charge on any atom is 0.216 e. The van der Waals surface area contributed by atoms with Crippen LogP contribution in [0.1, 0.15) is 44.2 Å². The van der Waals surface area contributed by atoms with Crippen LogP contribution >= 0.6 is 0 Å². The van der Waals surface area contributed by atoms with E-state index in [0.717, 1.165) is 38.8 Å². The lowest BCUT2D eigenvalue weighted by Crippen LogP contribution is -2.41. The Morgan fingerprint density at radius 1 is 1.13 bits per heavy atom. The summed E-state index contributed by atoms with van der Waals surface area (Å²) in [5.41, 5.74) is 1.36. The number of nitrogens with zero attached hydrogens (tertiary/aromatic N) is 2. The molecule has 3 rings (SSSR count). The van der Waals surface area contributed by atoms with Gasteiger partial charge in [0.15, 0.2) is 0 Å². The van der Waals surface area contributed by atoms with Crippen molar-refractivity contribution in [3.63, 3.8) is 0 Å². The van der Waals surface area contributed by atoms with Gasteiger partial charge in [-0.05, 0) is 57.2 Å². The molecule has 4 nitrogen and oxygen atoms in total. The van der Waals surface area contributed by atoms with Crippen molar-refractivity contribution in [2.24, 2.45) is 5.92 Å². The quantitative estimate of drug-likeness (QED) is 0.802. The Kier molecular flexibility index (Phi) is 5.09. The first-order chi connectivity index (χ1) is 11.0. The molecule has 1 aromatic carbocycles. The molecule has 128 valence electrons. The highest BCUT2D eigenvalue weighted by molar-refractivity contribution is 7.90. The first kappa shape index (κ1) is 16.9. The van der Waals surface area contributed by atoms with E-state index in [2.05, 4.69) is 42.2 Å². The predicted molar refractivity (Wildman–Crippen MR) is 93.7 cm³/mol. The Balaban J connectivity index is 1.50. The minimum absolute atomic E-state index is 0.0920. The molecule has 1 heterocycles. The van der Waals surface area contributed by atoms with E-state index in [-0.39, 0.29) is 5.25 Å². The maximum atomic E-state index is 12.2. The van der Waals surface area contributed by atoms with Gasteiger partial charge in [-0.2, -0.15) is 0 Å². The highest BCUT2D eigenvalue weighted by atomic mass is 32.2. The second kappa shape index (κ2) is 6.91. The molecule has 1 unspecified atom stereocenters. The van der Waals surface area contributed by atoms with E-state index in [9.17, 15) is 8.42 Å². The van der Waals surface area contributed by atoms with Gasteiger partial charge in [-0.25, -0.2) is 12.7 Å². The van der Waals surface area contributed by atoms with Gasteiger partial charge in [0.2, 0.25) is 10.0 Å². The van der Waals surface area contributed by atoms with E-state index in [4.69, 9.17) is 0 Å². The van der Waals surface area contributed by atoms with Crippen molar-refractivity contribution in [1.82, 2.24) is 9.21 Å². The van der Waals surface area contributed by atoms with Gasteiger partial charge < -0.3 is 0 Å². The Morgan fingerprint density at radius 2 is 1.74 bits per heavy atom. The third-order valence-corrected chi connectivity index (χ3v) is 7.71. The topological polar surface area (TPSA) is 40.6 Å². The van der Waals surface area contributed by atoms with Gasteiger partial charge in [0.1, 0.15) is 0 Å². The molecule has 0 spiro atoms. The van der Waals surface area contributed by atoms with Crippen LogP contribution < -0.4 is 0 Å². The number of benzene rings is 1. The average Bonchev–Trinajstić information content (AvgIpc) is 3.41. The molecule has 0 amide bonds. The summed E-state index contributed by atoms with van der Waals surface area (Å²) in [7, 11) is -1.26. The molecule has 2 aliphatic rings. The zero-order chi connectivity index (χ0) is 16.4. The Bertz CT molecular complexity index is 605. The summed E-state index contributed by atoms with van der Waals surface area (Å²) in [4.78, 5) is 2.52. The van der Waals surface area contributed by atoms with E-state index in [1.54, 1.807) is 11.4 Å². The molecule has 0 aromatic heterocycles. The highest BCUT2D eigenvalue weighted by Crippen LogP contribution is 2.32. The van der Waals surface area contributed by atoms with Crippen molar-refractivity contribution in [3.05, 3.63) is 35.9 Å². The summed E-state index contributed by atoms with van der Waals surface area (Å²) >= 11 is 0. The fourth-order valence-corrected chi connectivity index (χ4v) is 5.21. The van der Waals surface area contributed by atoms with Crippen molar-refractivity contribution in [1.29, 1.82) is 0 Å². The zero-order valence-electron chi connectivity index (χ0n) is 14.2. The number of hydrogen-bond donors (Lipinski definition) is 0. The summed E-state index contributed by atoms with van der Waals surface area (Å²) < 4.78 is 26.1. The van der Waals surface area contributed by atoms with Crippen LogP contribution in [-0.4, -0.2) is 49.6 Å². The Morgan fingerprint density at radius 3 is 2.30 bits per heavy atom. The average molecular weight is 337 g/mol. The first-order valence-corrected chi connectivity index (χ1v) is 10.2. The molecule has 1 aliphatic heterocycles. The molecule has 1 saturated heterocycles. The molecule has 23 heavy (non-hydrogen) atoms. The van der Waals surface area contributed by atoms with E-state index in [1.807, 2.05) is 0 Å². The number of sulfonamides is 1. The molecular weight excluding hydrogens is 308 g/mol. The van der Waals surface area contributed by atoms with E-state index in [0.29, 0.717) is 18.5 Å². The summed E-state index contributed by atoms with van der Waals surface area (Å²) in [6.45, 7) is 5.06. The molecular formula is C18H28N2O2S. The van der Waals surface area contributed by atoms with Crippen LogP contribution in [-0.2, 0) is 10.0 Å². The van der Waals surface area contributed by atoms with Gasteiger partial charge in [0, 0.05) is 19.6 Å². The van der Waals surface area contributed by atoms with Gasteiger partial charge in [-0.1, -0.05) is 30.3 Å². The molecule has 0 N–H and O–H groups in total.